The Kier molecular flexibility index (Phi) is 4.62. The van der Waals surface area contributed by atoms with E-state index in [1.807, 2.05) is 52.3 Å². The molecule has 1 aromatic heterocycles. The molecule has 0 unspecified atom stereocenters. The maximum absolute atomic E-state index is 14.0. The Hall–Kier alpha value is -3.15. The molecule has 2 aromatic carbocycles. The van der Waals surface area contributed by atoms with Gasteiger partial charge in [-0.15, -0.1) is 0 Å². The fraction of sp³-hybridized carbons (Fsp3) is 0.238. The molecule has 0 spiro atoms. The number of hydrogen-bond donors (Lipinski definition) is 0. The van der Waals surface area contributed by atoms with Gasteiger partial charge in [-0.3, -0.25) is 9.48 Å². The topological polar surface area (TPSA) is 41.4 Å². The number of anilines is 1. The Bertz CT molecular complexity index is 946. The first-order valence-electron chi connectivity index (χ1n) is 9.02. The van der Waals surface area contributed by atoms with Gasteiger partial charge < -0.3 is 9.80 Å². The van der Waals surface area contributed by atoms with Gasteiger partial charge in [-0.05, 0) is 18.2 Å². The number of benzene rings is 2. The molecule has 0 aliphatic carbocycles. The number of carbonyl (C=O) groups is 1. The molecule has 0 radical (unpaired) electrons. The molecule has 138 valence electrons. The van der Waals surface area contributed by atoms with Gasteiger partial charge in [0.05, 0.1) is 11.4 Å². The van der Waals surface area contributed by atoms with Gasteiger partial charge in [-0.1, -0.05) is 42.5 Å². The first kappa shape index (κ1) is 17.3. The molecule has 2 heterocycles. The molecular weight excluding hydrogens is 343 g/mol. The average Bonchev–Trinajstić information content (AvgIpc) is 3.10. The summed E-state index contributed by atoms with van der Waals surface area (Å²) in [6.07, 6.45) is 0. The highest BCUT2D eigenvalue weighted by Crippen LogP contribution is 2.22. The van der Waals surface area contributed by atoms with Crippen LogP contribution in [-0.4, -0.2) is 46.8 Å². The predicted octanol–water partition coefficient (Wildman–Crippen LogP) is 3.19. The van der Waals surface area contributed by atoms with Gasteiger partial charge in [0.25, 0.3) is 5.91 Å². The number of carbonyl (C=O) groups excluding carboxylic acids is 1. The number of aryl methyl sites for hydroxylation is 1. The van der Waals surface area contributed by atoms with Crippen molar-refractivity contribution in [3.63, 3.8) is 0 Å². The minimum absolute atomic E-state index is 0.0413. The van der Waals surface area contributed by atoms with E-state index in [-0.39, 0.29) is 11.7 Å². The van der Waals surface area contributed by atoms with Crippen LogP contribution >= 0.6 is 0 Å². The Balaban J connectivity index is 1.47. The van der Waals surface area contributed by atoms with Gasteiger partial charge in [0.15, 0.2) is 0 Å². The summed E-state index contributed by atoms with van der Waals surface area (Å²) in [5, 5.41) is 4.48. The SMILES string of the molecule is Cn1nc(-c2ccccc2)cc1C(=O)N1CCN(c2ccccc2F)CC1. The zero-order valence-corrected chi connectivity index (χ0v) is 15.2. The highest BCUT2D eigenvalue weighted by atomic mass is 19.1. The van der Waals surface area contributed by atoms with Crippen molar-refractivity contribution in [2.75, 3.05) is 31.1 Å². The number of halogens is 1. The lowest BCUT2D eigenvalue weighted by molar-refractivity contribution is 0.0735. The zero-order valence-electron chi connectivity index (χ0n) is 15.2. The summed E-state index contributed by atoms with van der Waals surface area (Å²) < 4.78 is 15.6. The molecule has 4 rings (SSSR count). The summed E-state index contributed by atoms with van der Waals surface area (Å²) in [5.74, 6) is -0.267. The molecule has 1 aliphatic rings. The Morgan fingerprint density at radius 1 is 0.963 bits per heavy atom. The maximum atomic E-state index is 14.0. The van der Waals surface area contributed by atoms with Gasteiger partial charge in [0, 0.05) is 38.8 Å². The highest BCUT2D eigenvalue weighted by Gasteiger charge is 2.25. The van der Waals surface area contributed by atoms with Crippen molar-refractivity contribution in [2.24, 2.45) is 7.05 Å². The molecule has 0 N–H and O–H groups in total. The number of nitrogens with zero attached hydrogens (tertiary/aromatic N) is 4. The third-order valence-corrected chi connectivity index (χ3v) is 4.93. The second kappa shape index (κ2) is 7.23. The van der Waals surface area contributed by atoms with E-state index in [0.29, 0.717) is 37.6 Å². The van der Waals surface area contributed by atoms with Gasteiger partial charge in [-0.2, -0.15) is 5.10 Å². The fourth-order valence-electron chi connectivity index (χ4n) is 3.44. The Morgan fingerprint density at radius 3 is 2.33 bits per heavy atom. The van der Waals surface area contributed by atoms with Crippen LogP contribution in [0.2, 0.25) is 0 Å². The summed E-state index contributed by atoms with van der Waals surface area (Å²) in [5.41, 5.74) is 2.92. The van der Waals surface area contributed by atoms with Crippen LogP contribution in [0, 0.1) is 5.82 Å². The summed E-state index contributed by atoms with van der Waals surface area (Å²) in [7, 11) is 1.79. The molecule has 0 saturated carbocycles. The minimum atomic E-state index is -0.226. The van der Waals surface area contributed by atoms with Gasteiger partial charge in [-0.25, -0.2) is 4.39 Å². The van der Waals surface area contributed by atoms with Crippen LogP contribution in [0.3, 0.4) is 0 Å². The second-order valence-corrected chi connectivity index (χ2v) is 6.64. The van der Waals surface area contributed by atoms with Crippen molar-refractivity contribution in [2.45, 2.75) is 0 Å². The molecule has 27 heavy (non-hydrogen) atoms. The van der Waals surface area contributed by atoms with E-state index >= 15 is 0 Å². The van der Waals surface area contributed by atoms with Crippen molar-refractivity contribution in [1.82, 2.24) is 14.7 Å². The van der Waals surface area contributed by atoms with Gasteiger partial charge >= 0.3 is 0 Å². The van der Waals surface area contributed by atoms with Crippen LogP contribution in [-0.2, 0) is 7.05 Å². The Morgan fingerprint density at radius 2 is 1.63 bits per heavy atom. The molecule has 5 nitrogen and oxygen atoms in total. The number of rotatable bonds is 3. The molecule has 1 amide bonds. The number of piperazine rings is 1. The van der Waals surface area contributed by atoms with Crippen molar-refractivity contribution < 1.29 is 9.18 Å². The molecule has 1 aliphatic heterocycles. The van der Waals surface area contributed by atoms with Crippen molar-refractivity contribution in [1.29, 1.82) is 0 Å². The molecule has 3 aromatic rings. The van der Waals surface area contributed by atoms with E-state index in [4.69, 9.17) is 0 Å². The van der Waals surface area contributed by atoms with Gasteiger partial charge in [0.1, 0.15) is 11.5 Å². The standard InChI is InChI=1S/C21H21FN4O/c1-24-20(15-18(23-24)16-7-3-2-4-8-16)21(27)26-13-11-25(12-14-26)19-10-6-5-9-17(19)22/h2-10,15H,11-14H2,1H3. The van der Waals surface area contributed by atoms with E-state index in [2.05, 4.69) is 5.10 Å². The zero-order chi connectivity index (χ0) is 18.8. The van der Waals surface area contributed by atoms with Crippen LogP contribution in [0.4, 0.5) is 10.1 Å². The van der Waals surface area contributed by atoms with Crippen molar-refractivity contribution >= 4 is 11.6 Å². The molecule has 1 fully saturated rings. The number of para-hydroxylation sites is 1. The molecule has 0 bridgehead atoms. The summed E-state index contributed by atoms with van der Waals surface area (Å²) >= 11 is 0. The number of aromatic nitrogens is 2. The highest BCUT2D eigenvalue weighted by molar-refractivity contribution is 5.94. The maximum Gasteiger partial charge on any atom is 0.272 e. The van der Waals surface area contributed by atoms with Crippen LogP contribution < -0.4 is 4.90 Å². The molecule has 6 heteroatoms. The largest absolute Gasteiger partial charge is 0.366 e. The van der Waals surface area contributed by atoms with Crippen LogP contribution in [0.5, 0.6) is 0 Å². The predicted molar refractivity (Wildman–Crippen MR) is 103 cm³/mol. The monoisotopic (exact) mass is 364 g/mol. The van der Waals surface area contributed by atoms with E-state index in [0.717, 1.165) is 11.3 Å². The summed E-state index contributed by atoms with van der Waals surface area (Å²) in [6, 6.07) is 18.4. The normalized spacial score (nSPS) is 14.4. The number of amides is 1. The summed E-state index contributed by atoms with van der Waals surface area (Å²) in [6.45, 7) is 2.32. The molecular formula is C21H21FN4O. The van der Waals surface area contributed by atoms with Crippen LogP contribution in [0.1, 0.15) is 10.5 Å². The summed E-state index contributed by atoms with van der Waals surface area (Å²) in [4.78, 5) is 16.7. The van der Waals surface area contributed by atoms with Crippen molar-refractivity contribution in [3.8, 4) is 11.3 Å². The minimum Gasteiger partial charge on any atom is -0.366 e. The van der Waals surface area contributed by atoms with Gasteiger partial charge in [0.2, 0.25) is 0 Å². The van der Waals surface area contributed by atoms with Crippen LogP contribution in [0.25, 0.3) is 11.3 Å². The third-order valence-electron chi connectivity index (χ3n) is 4.93. The average molecular weight is 364 g/mol. The lowest BCUT2D eigenvalue weighted by Gasteiger charge is -2.36. The lowest BCUT2D eigenvalue weighted by atomic mass is 10.1. The second-order valence-electron chi connectivity index (χ2n) is 6.64. The van der Waals surface area contributed by atoms with Crippen LogP contribution in [0.15, 0.2) is 60.7 Å². The van der Waals surface area contributed by atoms with E-state index < -0.39 is 0 Å². The molecule has 1 saturated heterocycles. The fourth-order valence-corrected chi connectivity index (χ4v) is 3.44. The van der Waals surface area contributed by atoms with Crippen molar-refractivity contribution in [3.05, 3.63) is 72.2 Å². The quantitative estimate of drug-likeness (QED) is 0.717. The van der Waals surface area contributed by atoms with E-state index in [1.54, 1.807) is 23.9 Å². The van der Waals surface area contributed by atoms with E-state index in [9.17, 15) is 9.18 Å². The Labute approximate surface area is 157 Å². The molecule has 0 atom stereocenters. The first-order chi connectivity index (χ1) is 13.1. The lowest BCUT2D eigenvalue weighted by Crippen LogP contribution is -2.49. The first-order valence-corrected chi connectivity index (χ1v) is 9.02. The third kappa shape index (κ3) is 3.43. The smallest absolute Gasteiger partial charge is 0.272 e. The number of hydrogen-bond acceptors (Lipinski definition) is 3. The van der Waals surface area contributed by atoms with E-state index in [1.165, 1.54) is 6.07 Å².